The number of halogens is 1. The van der Waals surface area contributed by atoms with Crippen LogP contribution >= 0.6 is 12.6 Å². The lowest BCUT2D eigenvalue weighted by atomic mass is 10.4. The van der Waals surface area contributed by atoms with Gasteiger partial charge < -0.3 is 17.0 Å². The summed E-state index contributed by atoms with van der Waals surface area (Å²) < 4.78 is 0. The molecule has 0 rings (SSSR count). The monoisotopic (exact) mass is 329 g/mol. The second kappa shape index (κ2) is 10.6. The largest absolute Gasteiger partial charge is 1.00 e. The van der Waals surface area contributed by atoms with Crippen LogP contribution < -0.4 is 17.0 Å². The molecule has 0 N–H and O–H groups in total. The molecule has 0 aliphatic carbocycles. The van der Waals surface area contributed by atoms with Crippen LogP contribution in [0, 0.1) is 0 Å². The van der Waals surface area contributed by atoms with Gasteiger partial charge in [-0.3, -0.25) is 0 Å². The third-order valence-electron chi connectivity index (χ3n) is 2.03. The third-order valence-corrected chi connectivity index (χ3v) is 2.34. The van der Waals surface area contributed by atoms with Crippen molar-refractivity contribution in [1.82, 2.24) is 0 Å². The fourth-order valence-corrected chi connectivity index (χ4v) is 1.91. The molecule has 0 atom stereocenters. The van der Waals surface area contributed by atoms with Gasteiger partial charge in [0.2, 0.25) is 0 Å². The van der Waals surface area contributed by atoms with Crippen molar-refractivity contribution in [2.45, 2.75) is 59.7 Å². The van der Waals surface area contributed by atoms with Gasteiger partial charge in [-0.1, -0.05) is 6.92 Å². The van der Waals surface area contributed by atoms with Crippen LogP contribution in [0.15, 0.2) is 0 Å². The first-order valence-corrected chi connectivity index (χ1v) is 6.93. The number of hydrogen-bond donors (Lipinski definition) is 1. The highest BCUT2D eigenvalue weighted by Crippen LogP contribution is 2.17. The van der Waals surface area contributed by atoms with Crippen LogP contribution in [-0.4, -0.2) is 35.9 Å². The molecule has 0 aromatic carbocycles. The Kier molecular flexibility index (Phi) is 12.5. The molecule has 3 nitrogen and oxygen atoms in total. The lowest BCUT2D eigenvalue weighted by Gasteiger charge is -2.35. The van der Waals surface area contributed by atoms with E-state index in [9.17, 15) is 0 Å². The maximum atomic E-state index is 5.97. The van der Waals surface area contributed by atoms with E-state index in [0.29, 0.717) is 4.81 Å². The highest BCUT2D eigenvalue weighted by Gasteiger charge is 2.33. The van der Waals surface area contributed by atoms with Crippen LogP contribution in [0.2, 0.25) is 0 Å². The third kappa shape index (κ3) is 9.31. The summed E-state index contributed by atoms with van der Waals surface area (Å²) in [7, 11) is 0. The molecule has 0 fully saturated rings. The summed E-state index contributed by atoms with van der Waals surface area (Å²) in [4.78, 5) is 12.3. The molecule has 0 aromatic rings. The first kappa shape index (κ1) is 20.0. The Morgan fingerprint density at radius 1 is 1.00 bits per heavy atom. The SMILES string of the molecule is CCC[N+](CCCS)(OC(C)C)OC(C)C.[Br-]. The zero-order valence-electron chi connectivity index (χ0n) is 11.8. The maximum absolute atomic E-state index is 5.97. The maximum Gasteiger partial charge on any atom is 0.143 e. The number of hydroxylamine groups is 4. The summed E-state index contributed by atoms with van der Waals surface area (Å²) in [6, 6.07) is 0. The fraction of sp³-hybridized carbons (Fsp3) is 1.00. The van der Waals surface area contributed by atoms with Gasteiger partial charge in [0, 0.05) is 6.42 Å². The highest BCUT2D eigenvalue weighted by molar-refractivity contribution is 7.80. The summed E-state index contributed by atoms with van der Waals surface area (Å²) in [6.07, 6.45) is 2.39. The van der Waals surface area contributed by atoms with Gasteiger partial charge in [-0.15, -0.1) is 0 Å². The van der Waals surface area contributed by atoms with Crippen molar-refractivity contribution in [1.29, 1.82) is 0 Å². The Morgan fingerprint density at radius 3 is 1.76 bits per heavy atom. The number of hydrogen-bond acceptors (Lipinski definition) is 3. The van der Waals surface area contributed by atoms with Gasteiger partial charge in [0.05, 0.1) is 0 Å². The van der Waals surface area contributed by atoms with Gasteiger partial charge in [0.15, 0.2) is 0 Å². The summed E-state index contributed by atoms with van der Waals surface area (Å²) in [5, 5.41) is 0. The summed E-state index contributed by atoms with van der Waals surface area (Å²) in [5.74, 6) is 0.868. The topological polar surface area (TPSA) is 18.5 Å². The highest BCUT2D eigenvalue weighted by atomic mass is 79.9. The van der Waals surface area contributed by atoms with Crippen LogP contribution in [0.25, 0.3) is 0 Å². The van der Waals surface area contributed by atoms with Gasteiger partial charge in [0.25, 0.3) is 0 Å². The molecule has 0 heterocycles. The summed E-state index contributed by atoms with van der Waals surface area (Å²) >= 11 is 4.26. The van der Waals surface area contributed by atoms with Crippen molar-refractivity contribution in [3.8, 4) is 0 Å². The number of rotatable bonds is 9. The van der Waals surface area contributed by atoms with Crippen molar-refractivity contribution < 1.29 is 31.5 Å². The fourth-order valence-electron chi connectivity index (χ4n) is 1.77. The van der Waals surface area contributed by atoms with E-state index in [-0.39, 0.29) is 29.2 Å². The Bertz CT molecular complexity index is 170. The van der Waals surface area contributed by atoms with Crippen molar-refractivity contribution in [2.24, 2.45) is 0 Å². The Morgan fingerprint density at radius 2 is 1.47 bits per heavy atom. The second-order valence-corrected chi connectivity index (χ2v) is 5.09. The van der Waals surface area contributed by atoms with Gasteiger partial charge in [-0.05, 0) is 44.7 Å². The molecular formula is C12H28BrNO2S. The van der Waals surface area contributed by atoms with E-state index in [1.54, 1.807) is 0 Å². The van der Waals surface area contributed by atoms with Crippen LogP contribution in [-0.2, 0) is 9.68 Å². The smallest absolute Gasteiger partial charge is 0.143 e. The molecule has 0 spiro atoms. The standard InChI is InChI=1S/C12H27NO2S.BrH/c1-6-8-13(9-7-10-16,14-11(2)3)15-12(4)5;/h11-12H,6-10H2,1-5H3;1H. The van der Waals surface area contributed by atoms with Crippen molar-refractivity contribution in [2.75, 3.05) is 18.8 Å². The Balaban J connectivity index is 0. The van der Waals surface area contributed by atoms with Crippen molar-refractivity contribution >= 4 is 12.6 Å². The summed E-state index contributed by atoms with van der Waals surface area (Å²) in [6.45, 7) is 12.1. The van der Waals surface area contributed by atoms with E-state index in [1.165, 1.54) is 0 Å². The van der Waals surface area contributed by atoms with Gasteiger partial charge in [0.1, 0.15) is 25.3 Å². The molecule has 0 saturated heterocycles. The predicted molar refractivity (Wildman–Crippen MR) is 71.2 cm³/mol. The van der Waals surface area contributed by atoms with E-state index >= 15 is 0 Å². The van der Waals surface area contributed by atoms with Crippen LogP contribution in [0.1, 0.15) is 47.5 Å². The minimum absolute atomic E-state index is 0. The van der Waals surface area contributed by atoms with Crippen LogP contribution in [0.4, 0.5) is 0 Å². The lowest BCUT2D eigenvalue weighted by Crippen LogP contribution is -3.00. The normalized spacial score (nSPS) is 12.0. The molecule has 17 heavy (non-hydrogen) atoms. The van der Waals surface area contributed by atoms with Crippen molar-refractivity contribution in [3.05, 3.63) is 0 Å². The lowest BCUT2D eigenvalue weighted by molar-refractivity contribution is -1.25. The van der Waals surface area contributed by atoms with E-state index in [0.717, 1.165) is 31.7 Å². The van der Waals surface area contributed by atoms with E-state index in [2.05, 4.69) is 19.6 Å². The zero-order chi connectivity index (χ0) is 12.6. The second-order valence-electron chi connectivity index (χ2n) is 4.65. The molecule has 0 aliphatic heterocycles. The number of thiol groups is 1. The average molecular weight is 330 g/mol. The molecular weight excluding hydrogens is 302 g/mol. The number of quaternary nitrogens is 1. The minimum Gasteiger partial charge on any atom is -1.00 e. The number of nitrogens with zero attached hydrogens (tertiary/aromatic N) is 1. The molecule has 0 saturated carbocycles. The average Bonchev–Trinajstić information content (AvgIpc) is 2.13. The van der Waals surface area contributed by atoms with Crippen LogP contribution in [0.5, 0.6) is 0 Å². The molecule has 0 aromatic heterocycles. The first-order chi connectivity index (χ1) is 7.45. The Hall–Kier alpha value is 0.710. The molecule has 0 bridgehead atoms. The van der Waals surface area contributed by atoms with E-state index in [1.807, 2.05) is 27.7 Å². The van der Waals surface area contributed by atoms with Crippen molar-refractivity contribution in [3.63, 3.8) is 0 Å². The minimum atomic E-state index is 0. The van der Waals surface area contributed by atoms with E-state index in [4.69, 9.17) is 9.68 Å². The molecule has 0 unspecified atom stereocenters. The molecule has 0 radical (unpaired) electrons. The quantitative estimate of drug-likeness (QED) is 0.370. The molecule has 0 aliphatic rings. The molecule has 0 amide bonds. The predicted octanol–water partition coefficient (Wildman–Crippen LogP) is 0.217. The Labute approximate surface area is 123 Å². The summed E-state index contributed by atoms with van der Waals surface area (Å²) in [5.41, 5.74) is 0. The zero-order valence-corrected chi connectivity index (χ0v) is 14.3. The first-order valence-electron chi connectivity index (χ1n) is 6.30. The molecule has 5 heteroatoms. The van der Waals surface area contributed by atoms with Gasteiger partial charge >= 0.3 is 0 Å². The van der Waals surface area contributed by atoms with Crippen LogP contribution in [0.3, 0.4) is 0 Å². The van der Waals surface area contributed by atoms with Gasteiger partial charge in [-0.2, -0.15) is 22.3 Å². The van der Waals surface area contributed by atoms with E-state index < -0.39 is 0 Å². The van der Waals surface area contributed by atoms with Gasteiger partial charge in [-0.25, -0.2) is 0 Å². The molecule has 106 valence electrons.